The number of rotatable bonds is 1. The van der Waals surface area contributed by atoms with Crippen LogP contribution in [0.3, 0.4) is 0 Å². The Morgan fingerprint density at radius 2 is 1.76 bits per heavy atom. The smallest absolute Gasteiger partial charge is 0.268 e. The zero-order valence-corrected chi connectivity index (χ0v) is 12.2. The molecule has 0 aliphatic carbocycles. The number of nitriles is 2. The number of hydrogen-bond donors (Lipinski definition) is 2. The first-order valence-electron chi connectivity index (χ1n) is 6.03. The lowest BCUT2D eigenvalue weighted by molar-refractivity contribution is 1.21. The van der Waals surface area contributed by atoms with Gasteiger partial charge in [0.05, 0.1) is 0 Å². The minimum absolute atomic E-state index is 0.0523. The van der Waals surface area contributed by atoms with Crippen LogP contribution in [0.2, 0.25) is 5.02 Å². The lowest BCUT2D eigenvalue weighted by Crippen LogP contribution is -2.16. The summed E-state index contributed by atoms with van der Waals surface area (Å²) in [5.74, 6) is -0.0523. The summed E-state index contributed by atoms with van der Waals surface area (Å²) in [5.41, 5.74) is 7.41. The van der Waals surface area contributed by atoms with Crippen molar-refractivity contribution in [3.63, 3.8) is 0 Å². The number of hydrogen-bond acceptors (Lipinski definition) is 4. The maximum atomic E-state index is 11.9. The van der Waals surface area contributed by atoms with Gasteiger partial charge in [0.25, 0.3) is 5.56 Å². The van der Waals surface area contributed by atoms with Gasteiger partial charge in [0.2, 0.25) is 0 Å². The minimum atomic E-state index is -0.615. The number of halogens is 1. The Hall–Kier alpha value is -2.76. The van der Waals surface area contributed by atoms with Crippen LogP contribution in [0.5, 0.6) is 0 Å². The number of benzene rings is 1. The van der Waals surface area contributed by atoms with E-state index >= 15 is 0 Å². The van der Waals surface area contributed by atoms with E-state index in [2.05, 4.69) is 4.98 Å². The molecule has 0 unspecified atom stereocenters. The van der Waals surface area contributed by atoms with Crippen LogP contribution in [0.15, 0.2) is 16.9 Å². The Labute approximate surface area is 126 Å². The van der Waals surface area contributed by atoms with Crippen molar-refractivity contribution in [3.05, 3.63) is 49.8 Å². The fourth-order valence-electron chi connectivity index (χ4n) is 2.16. The number of aryl methyl sites for hydroxylation is 2. The molecule has 21 heavy (non-hydrogen) atoms. The van der Waals surface area contributed by atoms with E-state index in [0.29, 0.717) is 10.6 Å². The third-order valence-corrected chi connectivity index (χ3v) is 3.65. The zero-order chi connectivity index (χ0) is 15.7. The molecule has 3 N–H and O–H groups in total. The van der Waals surface area contributed by atoms with Gasteiger partial charge in [0.15, 0.2) is 0 Å². The molecule has 0 aliphatic heterocycles. The summed E-state index contributed by atoms with van der Waals surface area (Å²) < 4.78 is 0. The van der Waals surface area contributed by atoms with Gasteiger partial charge in [-0.2, -0.15) is 10.5 Å². The van der Waals surface area contributed by atoms with E-state index in [0.717, 1.165) is 11.1 Å². The van der Waals surface area contributed by atoms with Crippen molar-refractivity contribution in [2.24, 2.45) is 0 Å². The molecule has 1 aromatic carbocycles. The molecule has 0 saturated heterocycles. The highest BCUT2D eigenvalue weighted by atomic mass is 35.5. The summed E-state index contributed by atoms with van der Waals surface area (Å²) in [4.78, 5) is 14.2. The quantitative estimate of drug-likeness (QED) is 0.843. The predicted octanol–water partition coefficient (Wildman–Crippen LogP) is 2.64. The average Bonchev–Trinajstić information content (AvgIpc) is 2.42. The first-order chi connectivity index (χ1) is 9.90. The molecule has 0 amide bonds. The highest BCUT2D eigenvalue weighted by molar-refractivity contribution is 6.31. The third-order valence-electron chi connectivity index (χ3n) is 3.24. The zero-order valence-electron chi connectivity index (χ0n) is 11.4. The number of nitrogens with zero attached hydrogens (tertiary/aromatic N) is 2. The van der Waals surface area contributed by atoms with Crippen LogP contribution in [0.25, 0.3) is 11.1 Å². The average molecular weight is 299 g/mol. The van der Waals surface area contributed by atoms with Crippen LogP contribution in [-0.2, 0) is 0 Å². The van der Waals surface area contributed by atoms with Gasteiger partial charge in [-0.25, -0.2) is 0 Å². The van der Waals surface area contributed by atoms with Crippen molar-refractivity contribution in [2.45, 2.75) is 13.8 Å². The Balaban J connectivity index is 3.00. The van der Waals surface area contributed by atoms with Crippen molar-refractivity contribution < 1.29 is 0 Å². The van der Waals surface area contributed by atoms with Crippen molar-refractivity contribution in [1.29, 1.82) is 10.5 Å². The van der Waals surface area contributed by atoms with E-state index in [9.17, 15) is 15.3 Å². The summed E-state index contributed by atoms with van der Waals surface area (Å²) in [5, 5.41) is 19.1. The monoisotopic (exact) mass is 298 g/mol. The van der Waals surface area contributed by atoms with E-state index in [4.69, 9.17) is 17.3 Å². The highest BCUT2D eigenvalue weighted by Gasteiger charge is 2.20. The van der Waals surface area contributed by atoms with Crippen LogP contribution in [0.1, 0.15) is 22.3 Å². The SMILES string of the molecule is Cc1cc(-c2c(C#N)c(N)[nH]c(=O)c2C#N)c(C)cc1Cl. The van der Waals surface area contributed by atoms with Gasteiger partial charge in [-0.3, -0.25) is 4.79 Å². The van der Waals surface area contributed by atoms with Crippen LogP contribution in [-0.4, -0.2) is 4.98 Å². The Morgan fingerprint density at radius 1 is 1.14 bits per heavy atom. The highest BCUT2D eigenvalue weighted by Crippen LogP contribution is 2.33. The van der Waals surface area contributed by atoms with Crippen LogP contribution < -0.4 is 11.3 Å². The molecule has 0 spiro atoms. The molecule has 1 aromatic heterocycles. The molecule has 2 aromatic rings. The van der Waals surface area contributed by atoms with Crippen molar-refractivity contribution in [1.82, 2.24) is 4.98 Å². The minimum Gasteiger partial charge on any atom is -0.384 e. The lowest BCUT2D eigenvalue weighted by Gasteiger charge is -2.13. The number of nitrogens with one attached hydrogen (secondary N) is 1. The largest absolute Gasteiger partial charge is 0.384 e. The number of aromatic amines is 1. The summed E-state index contributed by atoms with van der Waals surface area (Å²) in [6.07, 6.45) is 0. The van der Waals surface area contributed by atoms with Crippen molar-refractivity contribution in [2.75, 3.05) is 5.73 Å². The van der Waals surface area contributed by atoms with Gasteiger partial charge in [-0.15, -0.1) is 0 Å². The van der Waals surface area contributed by atoms with E-state index in [1.165, 1.54) is 0 Å². The molecule has 0 radical (unpaired) electrons. The topological polar surface area (TPSA) is 106 Å². The molecular formula is C15H11ClN4O. The molecule has 104 valence electrons. The van der Waals surface area contributed by atoms with E-state index < -0.39 is 5.56 Å². The van der Waals surface area contributed by atoms with E-state index in [1.54, 1.807) is 26.0 Å². The molecule has 5 nitrogen and oxygen atoms in total. The number of nitrogen functional groups attached to an aromatic ring is 1. The predicted molar refractivity (Wildman–Crippen MR) is 80.8 cm³/mol. The first-order valence-corrected chi connectivity index (χ1v) is 6.41. The second-order valence-electron chi connectivity index (χ2n) is 4.63. The van der Waals surface area contributed by atoms with Gasteiger partial charge in [-0.1, -0.05) is 11.6 Å². The summed E-state index contributed by atoms with van der Waals surface area (Å²) in [6, 6.07) is 7.26. The third kappa shape index (κ3) is 2.35. The summed E-state index contributed by atoms with van der Waals surface area (Å²) >= 11 is 6.06. The van der Waals surface area contributed by atoms with E-state index in [1.807, 2.05) is 12.1 Å². The van der Waals surface area contributed by atoms with Crippen LogP contribution in [0, 0.1) is 36.5 Å². The number of pyridine rings is 1. The van der Waals surface area contributed by atoms with Crippen LogP contribution >= 0.6 is 11.6 Å². The molecule has 0 saturated carbocycles. The van der Waals surface area contributed by atoms with Gasteiger partial charge >= 0.3 is 0 Å². The van der Waals surface area contributed by atoms with Crippen molar-refractivity contribution in [3.8, 4) is 23.3 Å². The summed E-state index contributed by atoms with van der Waals surface area (Å²) in [6.45, 7) is 3.60. The molecule has 1 heterocycles. The maximum Gasteiger partial charge on any atom is 0.268 e. The Morgan fingerprint density at radius 3 is 2.33 bits per heavy atom. The Bertz CT molecular complexity index is 885. The fraction of sp³-hybridized carbons (Fsp3) is 0.133. The van der Waals surface area contributed by atoms with Gasteiger partial charge < -0.3 is 10.7 Å². The number of anilines is 1. The molecule has 2 rings (SSSR count). The molecule has 0 atom stereocenters. The fourth-order valence-corrected chi connectivity index (χ4v) is 2.38. The first kappa shape index (κ1) is 14.6. The second kappa shape index (κ2) is 5.32. The molecule has 6 heteroatoms. The normalized spacial score (nSPS) is 9.95. The molecule has 0 fully saturated rings. The molecule has 0 bridgehead atoms. The van der Waals surface area contributed by atoms with E-state index in [-0.39, 0.29) is 22.5 Å². The van der Waals surface area contributed by atoms with Gasteiger partial charge in [-0.05, 0) is 42.7 Å². The number of aromatic nitrogens is 1. The molecule has 0 aliphatic rings. The standard InChI is InChI=1S/C15H11ClN4O/c1-7-4-12(16)8(2)3-9(7)13-10(5-17)14(19)20-15(21)11(13)6-18/h3-4H,1-2H3,(H3,19,20,21). The second-order valence-corrected chi connectivity index (χ2v) is 5.04. The Kier molecular flexibility index (Phi) is 3.71. The molecular weight excluding hydrogens is 288 g/mol. The van der Waals surface area contributed by atoms with Gasteiger partial charge in [0, 0.05) is 10.6 Å². The van der Waals surface area contributed by atoms with Crippen LogP contribution in [0.4, 0.5) is 5.82 Å². The lowest BCUT2D eigenvalue weighted by atomic mass is 9.92. The van der Waals surface area contributed by atoms with Gasteiger partial charge in [0.1, 0.15) is 29.1 Å². The maximum absolute atomic E-state index is 11.9. The van der Waals surface area contributed by atoms with Crippen molar-refractivity contribution >= 4 is 17.4 Å². The number of nitrogens with two attached hydrogens (primary N) is 1. The number of H-pyrrole nitrogens is 1. The summed E-state index contributed by atoms with van der Waals surface area (Å²) in [7, 11) is 0.